The molecule has 2 aromatic rings. The van der Waals surface area contributed by atoms with E-state index in [1.54, 1.807) is 37.5 Å². The molecule has 2 rings (SSSR count). The molecule has 7 heteroatoms. The summed E-state index contributed by atoms with van der Waals surface area (Å²) in [6.45, 7) is 4.03. The van der Waals surface area contributed by atoms with Gasteiger partial charge in [0, 0.05) is 30.5 Å². The van der Waals surface area contributed by atoms with Gasteiger partial charge in [0.1, 0.15) is 6.61 Å². The van der Waals surface area contributed by atoms with Crippen LogP contribution in [0.2, 0.25) is 0 Å². The van der Waals surface area contributed by atoms with Gasteiger partial charge in [-0.25, -0.2) is 0 Å². The number of methoxy groups -OCH3 is 3. The third-order valence-corrected chi connectivity index (χ3v) is 4.12. The first kappa shape index (κ1) is 22.0. The van der Waals surface area contributed by atoms with Crippen LogP contribution in [-0.2, 0) is 22.5 Å². The van der Waals surface area contributed by atoms with Gasteiger partial charge < -0.3 is 24.8 Å². The summed E-state index contributed by atoms with van der Waals surface area (Å²) in [4.78, 5) is 24.3. The average Bonchev–Trinajstić information content (AvgIpc) is 2.72. The number of nitrogens with one attached hydrogen (secondary N) is 2. The molecule has 154 valence electrons. The Morgan fingerprint density at radius 2 is 1.90 bits per heavy atom. The third kappa shape index (κ3) is 6.08. The Labute approximate surface area is 170 Å². The highest BCUT2D eigenvalue weighted by Crippen LogP contribution is 2.33. The van der Waals surface area contributed by atoms with Crippen LogP contribution in [-0.4, -0.2) is 39.8 Å². The van der Waals surface area contributed by atoms with Crippen LogP contribution in [0.15, 0.2) is 49.1 Å². The SMILES string of the molecule is C=CCc1cc(C(=O)NCc2cccc(NC(=O)COC)c2)cc(OC)c1OC. The van der Waals surface area contributed by atoms with Crippen molar-refractivity contribution in [3.05, 3.63) is 65.7 Å². The van der Waals surface area contributed by atoms with Crippen LogP contribution in [0.4, 0.5) is 5.69 Å². The molecule has 0 spiro atoms. The van der Waals surface area contributed by atoms with Crippen molar-refractivity contribution in [3.8, 4) is 11.5 Å². The Morgan fingerprint density at radius 1 is 1.10 bits per heavy atom. The van der Waals surface area contributed by atoms with Gasteiger partial charge >= 0.3 is 0 Å². The van der Waals surface area contributed by atoms with Crippen LogP contribution < -0.4 is 20.1 Å². The molecule has 0 heterocycles. The molecule has 2 amide bonds. The molecule has 0 bridgehead atoms. The zero-order valence-electron chi connectivity index (χ0n) is 16.9. The number of carbonyl (C=O) groups excluding carboxylic acids is 2. The van der Waals surface area contributed by atoms with Gasteiger partial charge in [-0.3, -0.25) is 9.59 Å². The van der Waals surface area contributed by atoms with Gasteiger partial charge in [0.05, 0.1) is 14.2 Å². The van der Waals surface area contributed by atoms with Crippen molar-refractivity contribution in [1.82, 2.24) is 5.32 Å². The summed E-state index contributed by atoms with van der Waals surface area (Å²) < 4.78 is 15.6. The van der Waals surface area contributed by atoms with Crippen molar-refractivity contribution in [3.63, 3.8) is 0 Å². The highest BCUT2D eigenvalue weighted by Gasteiger charge is 2.15. The van der Waals surface area contributed by atoms with E-state index in [1.807, 2.05) is 12.1 Å². The zero-order chi connectivity index (χ0) is 21.2. The maximum atomic E-state index is 12.7. The molecule has 2 aromatic carbocycles. The van der Waals surface area contributed by atoms with Crippen molar-refractivity contribution >= 4 is 17.5 Å². The molecule has 2 N–H and O–H groups in total. The molecular weight excluding hydrogens is 372 g/mol. The summed E-state index contributed by atoms with van der Waals surface area (Å²) in [6, 6.07) is 10.6. The fourth-order valence-electron chi connectivity index (χ4n) is 2.85. The zero-order valence-corrected chi connectivity index (χ0v) is 16.9. The van der Waals surface area contributed by atoms with Crippen molar-refractivity contribution < 1.29 is 23.8 Å². The molecule has 0 atom stereocenters. The summed E-state index contributed by atoms with van der Waals surface area (Å²) in [7, 11) is 4.54. The predicted octanol–water partition coefficient (Wildman–Crippen LogP) is 2.95. The Balaban J connectivity index is 2.12. The number of carbonyl (C=O) groups is 2. The minimum atomic E-state index is -0.245. The van der Waals surface area contributed by atoms with Crippen molar-refractivity contribution in [2.75, 3.05) is 33.3 Å². The highest BCUT2D eigenvalue weighted by molar-refractivity contribution is 5.95. The molecule has 7 nitrogen and oxygen atoms in total. The number of allylic oxidation sites excluding steroid dienone is 1. The summed E-state index contributed by atoms with van der Waals surface area (Å²) in [5.41, 5.74) is 2.76. The molecule has 0 aliphatic rings. The number of hydrogen-bond donors (Lipinski definition) is 2. The maximum absolute atomic E-state index is 12.7. The van der Waals surface area contributed by atoms with E-state index >= 15 is 0 Å². The summed E-state index contributed by atoms with van der Waals surface area (Å²) in [5.74, 6) is 0.585. The fourth-order valence-corrected chi connectivity index (χ4v) is 2.85. The van der Waals surface area contributed by atoms with E-state index in [2.05, 4.69) is 17.2 Å². The molecular formula is C22H26N2O5. The van der Waals surface area contributed by atoms with Crippen molar-refractivity contribution in [1.29, 1.82) is 0 Å². The molecule has 0 saturated carbocycles. The topological polar surface area (TPSA) is 85.9 Å². The van der Waals surface area contributed by atoms with E-state index < -0.39 is 0 Å². The Bertz CT molecular complexity index is 880. The number of rotatable bonds is 10. The predicted molar refractivity (Wildman–Crippen MR) is 112 cm³/mol. The largest absolute Gasteiger partial charge is 0.493 e. The van der Waals surface area contributed by atoms with Gasteiger partial charge in [-0.2, -0.15) is 0 Å². The van der Waals surface area contributed by atoms with Gasteiger partial charge in [-0.05, 0) is 36.2 Å². The molecule has 0 saturated heterocycles. The Morgan fingerprint density at radius 3 is 2.55 bits per heavy atom. The highest BCUT2D eigenvalue weighted by atomic mass is 16.5. The average molecular weight is 398 g/mol. The lowest BCUT2D eigenvalue weighted by atomic mass is 10.0. The van der Waals surface area contributed by atoms with Gasteiger partial charge in [-0.15, -0.1) is 6.58 Å². The first-order valence-electron chi connectivity index (χ1n) is 9.04. The minimum absolute atomic E-state index is 0.0205. The lowest BCUT2D eigenvalue weighted by Gasteiger charge is -2.14. The monoisotopic (exact) mass is 398 g/mol. The molecule has 0 aromatic heterocycles. The standard InChI is InChI=1S/C22H26N2O5/c1-5-7-16-11-17(12-19(28-3)21(16)29-4)22(26)23-13-15-8-6-9-18(10-15)24-20(25)14-27-2/h5-6,8-12H,1,7,13-14H2,2-4H3,(H,23,26)(H,24,25). The number of hydrogen-bond acceptors (Lipinski definition) is 5. The minimum Gasteiger partial charge on any atom is -0.493 e. The second-order valence-electron chi connectivity index (χ2n) is 6.23. The number of ether oxygens (including phenoxy) is 3. The van der Waals surface area contributed by atoms with Gasteiger partial charge in [0.2, 0.25) is 5.91 Å². The van der Waals surface area contributed by atoms with Crippen LogP contribution in [0.1, 0.15) is 21.5 Å². The molecule has 0 aliphatic carbocycles. The van der Waals surface area contributed by atoms with Crippen molar-refractivity contribution in [2.24, 2.45) is 0 Å². The second-order valence-corrected chi connectivity index (χ2v) is 6.23. The summed E-state index contributed by atoms with van der Waals surface area (Å²) in [6.07, 6.45) is 2.28. The summed E-state index contributed by atoms with van der Waals surface area (Å²) >= 11 is 0. The first-order chi connectivity index (χ1) is 14.0. The normalized spacial score (nSPS) is 10.2. The van der Waals surface area contributed by atoms with Gasteiger partial charge in [-0.1, -0.05) is 18.2 Å². The van der Waals surface area contributed by atoms with Crippen molar-refractivity contribution in [2.45, 2.75) is 13.0 Å². The Kier molecular flexibility index (Phi) is 8.24. The molecule has 0 unspecified atom stereocenters. The van der Waals surface area contributed by atoms with E-state index in [9.17, 15) is 9.59 Å². The quantitative estimate of drug-likeness (QED) is 0.601. The van der Waals surface area contributed by atoms with Crippen LogP contribution in [0.3, 0.4) is 0 Å². The lowest BCUT2D eigenvalue weighted by Crippen LogP contribution is -2.23. The van der Waals surface area contributed by atoms with Crippen LogP contribution in [0.5, 0.6) is 11.5 Å². The van der Waals surface area contributed by atoms with E-state index in [4.69, 9.17) is 14.2 Å². The number of benzene rings is 2. The fraction of sp³-hybridized carbons (Fsp3) is 0.273. The van der Waals surface area contributed by atoms with Gasteiger partial charge in [0.15, 0.2) is 11.5 Å². The van der Waals surface area contributed by atoms with Crippen LogP contribution >= 0.6 is 0 Å². The summed E-state index contributed by atoms with van der Waals surface area (Å²) in [5, 5.41) is 5.62. The van der Waals surface area contributed by atoms with Crippen LogP contribution in [0.25, 0.3) is 0 Å². The molecule has 29 heavy (non-hydrogen) atoms. The third-order valence-electron chi connectivity index (χ3n) is 4.12. The van der Waals surface area contributed by atoms with E-state index in [0.717, 1.165) is 11.1 Å². The lowest BCUT2D eigenvalue weighted by molar-refractivity contribution is -0.119. The Hall–Kier alpha value is -3.32. The molecule has 0 aliphatic heterocycles. The number of amides is 2. The van der Waals surface area contributed by atoms with E-state index in [1.165, 1.54) is 14.2 Å². The molecule has 0 fully saturated rings. The van der Waals surface area contributed by atoms with Crippen LogP contribution in [0, 0.1) is 0 Å². The molecule has 0 radical (unpaired) electrons. The number of anilines is 1. The second kappa shape index (κ2) is 10.9. The van der Waals surface area contributed by atoms with E-state index in [-0.39, 0.29) is 18.4 Å². The van der Waals surface area contributed by atoms with Gasteiger partial charge in [0.25, 0.3) is 5.91 Å². The first-order valence-corrected chi connectivity index (χ1v) is 9.04. The maximum Gasteiger partial charge on any atom is 0.251 e. The smallest absolute Gasteiger partial charge is 0.251 e. The van der Waals surface area contributed by atoms with E-state index in [0.29, 0.717) is 35.7 Å².